The van der Waals surface area contributed by atoms with E-state index in [0.29, 0.717) is 0 Å². The maximum Gasteiger partial charge on any atom is 0.419 e. The lowest BCUT2D eigenvalue weighted by Gasteiger charge is -2.24. The molecule has 36 heavy (non-hydrogen) atoms. The van der Waals surface area contributed by atoms with Crippen molar-refractivity contribution in [3.8, 4) is 11.4 Å². The summed E-state index contributed by atoms with van der Waals surface area (Å²) in [6.07, 6.45) is -2.04. The Balaban J connectivity index is 2.89. The zero-order valence-corrected chi connectivity index (χ0v) is 24.5. The van der Waals surface area contributed by atoms with Crippen molar-refractivity contribution in [3.63, 3.8) is 0 Å². The van der Waals surface area contributed by atoms with E-state index in [0.717, 1.165) is 9.13 Å². The van der Waals surface area contributed by atoms with Gasteiger partial charge in [0.15, 0.2) is 0 Å². The molecule has 0 unspecified atom stereocenters. The van der Waals surface area contributed by atoms with Gasteiger partial charge in [-0.2, -0.15) is 0 Å². The predicted octanol–water partition coefficient (Wildman–Crippen LogP) is 7.63. The number of carbonyl (C=O) groups excluding carboxylic acids is 4. The highest BCUT2D eigenvalue weighted by Gasteiger charge is 2.39. The van der Waals surface area contributed by atoms with Crippen LogP contribution in [0.2, 0.25) is 0 Å². The molecule has 198 valence electrons. The van der Waals surface area contributed by atoms with Gasteiger partial charge in [0.25, 0.3) is 7.59 Å². The van der Waals surface area contributed by atoms with Crippen LogP contribution in [-0.4, -0.2) is 51.7 Å². The smallest absolute Gasteiger partial charge is 0.419 e. The number of nitrogens with zero attached hydrogens (tertiary/aromatic N) is 2. The van der Waals surface area contributed by atoms with Crippen molar-refractivity contribution in [3.05, 3.63) is 35.7 Å². The summed E-state index contributed by atoms with van der Waals surface area (Å²) in [7, 11) is 0. The lowest BCUT2D eigenvalue weighted by molar-refractivity contribution is 0.0513. The number of carbonyl (C=O) groups is 4. The van der Waals surface area contributed by atoms with Gasteiger partial charge in [-0.25, -0.2) is 18.7 Å². The molecule has 0 N–H and O–H groups in total. The van der Waals surface area contributed by atoms with Gasteiger partial charge in [-0.15, -0.1) is 0 Å². The van der Waals surface area contributed by atoms with Crippen LogP contribution in [-0.2, 0) is 9.47 Å². The third-order valence-electron chi connectivity index (χ3n) is 4.16. The maximum atomic E-state index is 13.2. The first-order chi connectivity index (χ1) is 16.0. The average Bonchev–Trinajstić information content (AvgIpc) is 3.26. The summed E-state index contributed by atoms with van der Waals surface area (Å²) < 4.78 is 7.64. The lowest BCUT2D eigenvalue weighted by atomic mass is 10.2. The molecule has 0 aliphatic rings. The molecular weight excluding hydrogens is 601 g/mol. The average molecular weight is 623 g/mol. The van der Waals surface area contributed by atoms with E-state index in [2.05, 4.69) is 0 Å². The fraction of sp³-hybridized carbons (Fsp3) is 0.455. The van der Waals surface area contributed by atoms with E-state index in [1.165, 1.54) is 24.3 Å². The molecule has 2 heterocycles. The highest BCUT2D eigenvalue weighted by atomic mass is 35.6. The number of alkyl halides is 6. The van der Waals surface area contributed by atoms with Gasteiger partial charge in [0, 0.05) is 0 Å². The molecule has 0 atom stereocenters. The van der Waals surface area contributed by atoms with Crippen molar-refractivity contribution in [1.29, 1.82) is 0 Å². The normalized spacial score (nSPS) is 12.9. The molecule has 0 bridgehead atoms. The standard InChI is InChI=1S/C22H22Cl6N2O6/c1-19(2,3)35-17(33)29-11(7-9-13(29)15(31)21(23,24)25)12-8-10-14(16(32)22(26,27)28)30(12)18(34)36-20(4,5)6/h7-10H,1-6H3. The first kappa shape index (κ1) is 30.8. The number of ketones is 2. The minimum absolute atomic E-state index is 0.0731. The van der Waals surface area contributed by atoms with Gasteiger partial charge in [-0.05, 0) is 65.8 Å². The van der Waals surface area contributed by atoms with Gasteiger partial charge in [-0.3, -0.25) is 9.59 Å². The molecular formula is C22H22Cl6N2O6. The maximum absolute atomic E-state index is 13.2. The predicted molar refractivity (Wildman–Crippen MR) is 140 cm³/mol. The Morgan fingerprint density at radius 1 is 0.583 bits per heavy atom. The first-order valence-electron chi connectivity index (χ1n) is 10.2. The summed E-state index contributed by atoms with van der Waals surface area (Å²) in [4.78, 5) is 52.0. The summed E-state index contributed by atoms with van der Waals surface area (Å²) in [5.41, 5.74) is -2.83. The van der Waals surface area contributed by atoms with E-state index in [-0.39, 0.29) is 22.8 Å². The summed E-state index contributed by atoms with van der Waals surface area (Å²) in [5, 5.41) is 0. The van der Waals surface area contributed by atoms with Gasteiger partial charge >= 0.3 is 12.2 Å². The molecule has 0 radical (unpaired) electrons. The van der Waals surface area contributed by atoms with Crippen molar-refractivity contribution >= 4 is 93.4 Å². The van der Waals surface area contributed by atoms with E-state index in [9.17, 15) is 19.2 Å². The number of ether oxygens (including phenoxy) is 2. The minimum Gasteiger partial charge on any atom is -0.443 e. The Labute approximate surface area is 237 Å². The van der Waals surface area contributed by atoms with Gasteiger partial charge in [0.1, 0.15) is 22.6 Å². The van der Waals surface area contributed by atoms with Crippen molar-refractivity contribution in [2.75, 3.05) is 0 Å². The second-order valence-corrected chi connectivity index (χ2v) is 14.1. The highest BCUT2D eigenvalue weighted by Crippen LogP contribution is 2.36. The van der Waals surface area contributed by atoms with Crippen LogP contribution in [0, 0.1) is 0 Å². The molecule has 8 nitrogen and oxygen atoms in total. The number of hydrogen-bond donors (Lipinski definition) is 0. The Kier molecular flexibility index (Phi) is 8.89. The van der Waals surface area contributed by atoms with Gasteiger partial charge in [-0.1, -0.05) is 69.6 Å². The van der Waals surface area contributed by atoms with E-state index >= 15 is 0 Å². The van der Waals surface area contributed by atoms with Gasteiger partial charge in [0.05, 0.1) is 11.4 Å². The first-order valence-corrected chi connectivity index (χ1v) is 12.4. The van der Waals surface area contributed by atoms with Crippen molar-refractivity contribution in [2.45, 2.75) is 60.3 Å². The Morgan fingerprint density at radius 3 is 1.08 bits per heavy atom. The monoisotopic (exact) mass is 620 g/mol. The summed E-state index contributed by atoms with van der Waals surface area (Å²) in [6, 6.07) is 5.00. The van der Waals surface area contributed by atoms with Gasteiger partial charge in [0.2, 0.25) is 11.6 Å². The number of hydrogen-bond acceptors (Lipinski definition) is 6. The van der Waals surface area contributed by atoms with Crippen molar-refractivity contribution in [2.24, 2.45) is 0 Å². The van der Waals surface area contributed by atoms with Crippen LogP contribution >= 0.6 is 69.6 Å². The Hall–Kier alpha value is -1.42. The van der Waals surface area contributed by atoms with E-state index < -0.39 is 42.5 Å². The number of halogens is 6. The SMILES string of the molecule is CC(C)(C)OC(=O)n1c(C(=O)C(Cl)(Cl)Cl)ccc1-c1ccc(C(=O)C(Cl)(Cl)Cl)n1C(=O)OC(C)(C)C. The second kappa shape index (κ2) is 10.4. The van der Waals surface area contributed by atoms with E-state index in [1.807, 2.05) is 0 Å². The molecule has 0 aliphatic carbocycles. The summed E-state index contributed by atoms with van der Waals surface area (Å²) >= 11 is 34.7. The summed E-state index contributed by atoms with van der Waals surface area (Å²) in [5.74, 6) is -2.09. The highest BCUT2D eigenvalue weighted by molar-refractivity contribution is 6.78. The Bertz CT molecular complexity index is 1110. The zero-order valence-electron chi connectivity index (χ0n) is 19.9. The second-order valence-electron chi connectivity index (χ2n) is 9.49. The largest absolute Gasteiger partial charge is 0.443 e. The number of rotatable bonds is 3. The molecule has 0 fully saturated rings. The van der Waals surface area contributed by atoms with Crippen LogP contribution in [0.15, 0.2) is 24.3 Å². The third kappa shape index (κ3) is 7.33. The van der Waals surface area contributed by atoms with Crippen LogP contribution < -0.4 is 0 Å². The molecule has 0 aromatic carbocycles. The van der Waals surface area contributed by atoms with E-state index in [4.69, 9.17) is 79.1 Å². The molecule has 0 aliphatic heterocycles. The van der Waals surface area contributed by atoms with Crippen molar-refractivity contribution < 1.29 is 28.7 Å². The van der Waals surface area contributed by atoms with Crippen LogP contribution in [0.3, 0.4) is 0 Å². The van der Waals surface area contributed by atoms with Crippen LogP contribution in [0.1, 0.15) is 62.5 Å². The molecule has 0 saturated carbocycles. The summed E-state index contributed by atoms with van der Waals surface area (Å²) in [6.45, 7) is 9.62. The van der Waals surface area contributed by atoms with E-state index in [1.54, 1.807) is 41.5 Å². The molecule has 0 saturated heterocycles. The molecule has 2 aromatic rings. The van der Waals surface area contributed by atoms with Crippen LogP contribution in [0.4, 0.5) is 9.59 Å². The molecule has 0 spiro atoms. The van der Waals surface area contributed by atoms with Crippen LogP contribution in [0.25, 0.3) is 11.4 Å². The third-order valence-corrected chi connectivity index (χ3v) is 5.19. The lowest BCUT2D eigenvalue weighted by Crippen LogP contribution is -2.33. The molecule has 0 amide bonds. The molecule has 2 aromatic heterocycles. The fourth-order valence-corrected chi connectivity index (χ4v) is 3.51. The molecule has 14 heteroatoms. The molecule has 2 rings (SSSR count). The zero-order chi connectivity index (χ0) is 28.0. The van der Waals surface area contributed by atoms with Gasteiger partial charge < -0.3 is 9.47 Å². The number of aromatic nitrogens is 2. The fourth-order valence-electron chi connectivity index (χ4n) is 2.93. The van der Waals surface area contributed by atoms with Crippen LogP contribution in [0.5, 0.6) is 0 Å². The number of Topliss-reactive ketones (excluding diaryl/α,β-unsaturated/α-hetero) is 2. The quantitative estimate of drug-likeness (QED) is 0.258. The Morgan fingerprint density at radius 2 is 0.861 bits per heavy atom. The van der Waals surface area contributed by atoms with Crippen molar-refractivity contribution in [1.82, 2.24) is 9.13 Å². The minimum atomic E-state index is -2.42. The topological polar surface area (TPSA) is 96.6 Å².